The minimum Gasteiger partial charge on any atom is -0.496 e. The quantitative estimate of drug-likeness (QED) is 0.696. The van der Waals surface area contributed by atoms with Crippen molar-refractivity contribution in [3.8, 4) is 5.75 Å². The second-order valence-corrected chi connectivity index (χ2v) is 3.19. The van der Waals surface area contributed by atoms with Crippen molar-refractivity contribution in [2.45, 2.75) is 6.92 Å². The summed E-state index contributed by atoms with van der Waals surface area (Å²) in [7, 11) is 1.71. The van der Waals surface area contributed by atoms with Gasteiger partial charge in [-0.15, -0.1) is 0 Å². The van der Waals surface area contributed by atoms with E-state index >= 15 is 0 Å². The molecule has 2 aromatic rings. The molecule has 1 radical (unpaired) electrons. The van der Waals surface area contributed by atoms with E-state index in [1.54, 1.807) is 7.11 Å². The molecule has 71 valence electrons. The van der Waals surface area contributed by atoms with Crippen LogP contribution in [0.4, 0.5) is 0 Å². The van der Waals surface area contributed by atoms with Crippen molar-refractivity contribution >= 4 is 10.8 Å². The third-order valence-corrected chi connectivity index (χ3v) is 2.44. The molecule has 14 heavy (non-hydrogen) atoms. The van der Waals surface area contributed by atoms with Gasteiger partial charge < -0.3 is 4.74 Å². The second kappa shape index (κ2) is 3.70. The maximum atomic E-state index is 5.31. The van der Waals surface area contributed by atoms with Gasteiger partial charge in [0, 0.05) is 5.56 Å². The lowest BCUT2D eigenvalue weighted by atomic mass is 10.0. The third kappa shape index (κ3) is 1.35. The minimum absolute atomic E-state index is 0.936. The van der Waals surface area contributed by atoms with Crippen LogP contribution in [0.3, 0.4) is 0 Å². The van der Waals surface area contributed by atoms with Crippen LogP contribution in [0.15, 0.2) is 36.4 Å². The summed E-state index contributed by atoms with van der Waals surface area (Å²) in [4.78, 5) is 0. The summed E-state index contributed by atoms with van der Waals surface area (Å²) < 4.78 is 5.31. The van der Waals surface area contributed by atoms with E-state index in [0.29, 0.717) is 0 Å². The molecule has 1 nitrogen and oxygen atoms in total. The van der Waals surface area contributed by atoms with Crippen molar-refractivity contribution in [1.82, 2.24) is 0 Å². The van der Waals surface area contributed by atoms with Gasteiger partial charge in [0.25, 0.3) is 0 Å². The van der Waals surface area contributed by atoms with Crippen LogP contribution in [0.2, 0.25) is 0 Å². The van der Waals surface area contributed by atoms with Gasteiger partial charge in [0.15, 0.2) is 0 Å². The van der Waals surface area contributed by atoms with Crippen LogP contribution in [0.1, 0.15) is 12.5 Å². The Labute approximate surface area is 84.3 Å². The molecule has 1 heteroatoms. The van der Waals surface area contributed by atoms with E-state index in [1.807, 2.05) is 19.1 Å². The predicted molar refractivity (Wildman–Crippen MR) is 59.6 cm³/mol. The summed E-state index contributed by atoms with van der Waals surface area (Å²) in [5.41, 5.74) is 1.17. The average Bonchev–Trinajstić information content (AvgIpc) is 2.27. The molecular weight excluding hydrogens is 172 g/mol. The molecule has 0 bridgehead atoms. The molecule has 0 atom stereocenters. The van der Waals surface area contributed by atoms with E-state index in [-0.39, 0.29) is 0 Å². The molecule has 0 saturated heterocycles. The SMILES string of the molecule is C[CH]c1c(OC)ccc2ccccc12. The van der Waals surface area contributed by atoms with Crippen molar-refractivity contribution in [2.75, 3.05) is 7.11 Å². The van der Waals surface area contributed by atoms with Gasteiger partial charge in [0.05, 0.1) is 7.11 Å². The molecule has 0 spiro atoms. The first-order valence-electron chi connectivity index (χ1n) is 4.72. The van der Waals surface area contributed by atoms with Gasteiger partial charge in [0.2, 0.25) is 0 Å². The molecule has 0 aromatic heterocycles. The Morgan fingerprint density at radius 2 is 1.86 bits per heavy atom. The molecule has 0 aliphatic rings. The van der Waals surface area contributed by atoms with Crippen LogP contribution >= 0.6 is 0 Å². The van der Waals surface area contributed by atoms with Crippen molar-refractivity contribution in [2.24, 2.45) is 0 Å². The van der Waals surface area contributed by atoms with E-state index in [1.165, 1.54) is 16.3 Å². The summed E-state index contributed by atoms with van der Waals surface area (Å²) in [6.07, 6.45) is 2.08. The van der Waals surface area contributed by atoms with E-state index in [0.717, 1.165) is 5.75 Å². The first-order chi connectivity index (χ1) is 6.86. The van der Waals surface area contributed by atoms with Crippen molar-refractivity contribution in [1.29, 1.82) is 0 Å². The zero-order valence-corrected chi connectivity index (χ0v) is 8.45. The van der Waals surface area contributed by atoms with Gasteiger partial charge in [0.1, 0.15) is 5.75 Å². The van der Waals surface area contributed by atoms with Crippen molar-refractivity contribution in [3.63, 3.8) is 0 Å². The summed E-state index contributed by atoms with van der Waals surface area (Å²) in [5.74, 6) is 0.936. The van der Waals surface area contributed by atoms with Gasteiger partial charge in [-0.05, 0) is 23.3 Å². The lowest BCUT2D eigenvalue weighted by Crippen LogP contribution is -1.90. The van der Waals surface area contributed by atoms with E-state index in [9.17, 15) is 0 Å². The van der Waals surface area contributed by atoms with Crippen LogP contribution in [0.25, 0.3) is 10.8 Å². The van der Waals surface area contributed by atoms with Gasteiger partial charge in [-0.1, -0.05) is 37.3 Å². The number of benzene rings is 2. The second-order valence-electron chi connectivity index (χ2n) is 3.19. The highest BCUT2D eigenvalue weighted by Gasteiger charge is 2.05. The van der Waals surface area contributed by atoms with Gasteiger partial charge in [-0.2, -0.15) is 0 Å². The highest BCUT2D eigenvalue weighted by Crippen LogP contribution is 2.28. The molecule has 0 N–H and O–H groups in total. The van der Waals surface area contributed by atoms with Crippen LogP contribution in [-0.2, 0) is 0 Å². The monoisotopic (exact) mass is 185 g/mol. The summed E-state index contributed by atoms with van der Waals surface area (Å²) in [6.45, 7) is 2.03. The molecule has 2 aromatic carbocycles. The molecule has 0 unspecified atom stereocenters. The fraction of sp³-hybridized carbons (Fsp3) is 0.154. The third-order valence-electron chi connectivity index (χ3n) is 2.44. The Morgan fingerprint density at radius 3 is 2.57 bits per heavy atom. The number of hydrogen-bond donors (Lipinski definition) is 0. The molecule has 0 aliphatic carbocycles. The maximum Gasteiger partial charge on any atom is 0.122 e. The highest BCUT2D eigenvalue weighted by molar-refractivity contribution is 5.88. The predicted octanol–water partition coefficient (Wildman–Crippen LogP) is 3.42. The summed E-state index contributed by atoms with van der Waals surface area (Å²) in [5, 5.41) is 2.50. The minimum atomic E-state index is 0.936. The first-order valence-corrected chi connectivity index (χ1v) is 4.72. The lowest BCUT2D eigenvalue weighted by molar-refractivity contribution is 0.413. The summed E-state index contributed by atoms with van der Waals surface area (Å²) in [6, 6.07) is 12.4. The molecule has 2 rings (SSSR count). The number of fused-ring (bicyclic) bond motifs is 1. The lowest BCUT2D eigenvalue weighted by Gasteiger charge is -2.09. The molecule has 0 amide bonds. The highest BCUT2D eigenvalue weighted by atomic mass is 16.5. The fourth-order valence-electron chi connectivity index (χ4n) is 1.75. The Hall–Kier alpha value is -1.50. The topological polar surface area (TPSA) is 9.23 Å². The number of methoxy groups -OCH3 is 1. The van der Waals surface area contributed by atoms with E-state index in [4.69, 9.17) is 4.74 Å². The Morgan fingerprint density at radius 1 is 1.07 bits per heavy atom. The van der Waals surface area contributed by atoms with Gasteiger partial charge in [-0.25, -0.2) is 0 Å². The fourth-order valence-corrected chi connectivity index (χ4v) is 1.75. The number of hydrogen-bond acceptors (Lipinski definition) is 1. The summed E-state index contributed by atoms with van der Waals surface area (Å²) >= 11 is 0. The molecule has 0 aliphatic heterocycles. The standard InChI is InChI=1S/C13H13O/c1-3-11-12-7-5-4-6-10(12)8-9-13(11)14-2/h3-9H,1-2H3. The molecule has 0 fully saturated rings. The number of ether oxygens (including phenoxy) is 1. The normalized spacial score (nSPS) is 10.4. The maximum absolute atomic E-state index is 5.31. The van der Waals surface area contributed by atoms with Crippen LogP contribution in [0, 0.1) is 6.42 Å². The van der Waals surface area contributed by atoms with E-state index in [2.05, 4.69) is 30.7 Å². The largest absolute Gasteiger partial charge is 0.496 e. The van der Waals surface area contributed by atoms with E-state index < -0.39 is 0 Å². The number of rotatable bonds is 2. The Balaban J connectivity index is 2.77. The van der Waals surface area contributed by atoms with Crippen LogP contribution < -0.4 is 4.74 Å². The average molecular weight is 185 g/mol. The zero-order chi connectivity index (χ0) is 9.97. The molecule has 0 saturated carbocycles. The van der Waals surface area contributed by atoms with Gasteiger partial charge >= 0.3 is 0 Å². The van der Waals surface area contributed by atoms with Crippen LogP contribution in [-0.4, -0.2) is 7.11 Å². The Bertz CT molecular complexity index is 446. The van der Waals surface area contributed by atoms with Crippen molar-refractivity contribution in [3.05, 3.63) is 48.4 Å². The molecule has 0 heterocycles. The Kier molecular flexibility index (Phi) is 2.40. The first kappa shape index (κ1) is 9.07. The zero-order valence-electron chi connectivity index (χ0n) is 8.45. The van der Waals surface area contributed by atoms with Crippen LogP contribution in [0.5, 0.6) is 5.75 Å². The smallest absolute Gasteiger partial charge is 0.122 e. The van der Waals surface area contributed by atoms with Gasteiger partial charge in [-0.3, -0.25) is 0 Å². The van der Waals surface area contributed by atoms with Crippen molar-refractivity contribution < 1.29 is 4.74 Å². The molecular formula is C13H13O.